The monoisotopic (exact) mass is 430 g/mol. The highest BCUT2D eigenvalue weighted by Gasteiger charge is 2.32. The predicted octanol–water partition coefficient (Wildman–Crippen LogP) is 2.65. The van der Waals surface area contributed by atoms with E-state index in [4.69, 9.17) is 0 Å². The van der Waals surface area contributed by atoms with Gasteiger partial charge in [0.2, 0.25) is 5.91 Å². The zero-order chi connectivity index (χ0) is 20.3. The normalized spacial score (nSPS) is 16.0. The molecular formula is C20H22N4O3S2. The maximum atomic E-state index is 12.6. The molecule has 1 aliphatic heterocycles. The molecule has 3 heterocycles. The van der Waals surface area contributed by atoms with Gasteiger partial charge >= 0.3 is 0 Å². The molecule has 1 N–H and O–H groups in total. The van der Waals surface area contributed by atoms with E-state index in [0.29, 0.717) is 36.7 Å². The third-order valence-corrected chi connectivity index (χ3v) is 8.39. The second-order valence-corrected chi connectivity index (χ2v) is 10.1. The van der Waals surface area contributed by atoms with Gasteiger partial charge in [-0.15, -0.1) is 11.3 Å². The van der Waals surface area contributed by atoms with Crippen molar-refractivity contribution >= 4 is 27.3 Å². The molecule has 7 nitrogen and oxygen atoms in total. The van der Waals surface area contributed by atoms with Crippen molar-refractivity contribution < 1.29 is 13.2 Å². The number of aromatic nitrogens is 2. The summed E-state index contributed by atoms with van der Waals surface area (Å²) >= 11 is 1.22. The highest BCUT2D eigenvalue weighted by molar-refractivity contribution is 7.91. The summed E-state index contributed by atoms with van der Waals surface area (Å²) < 4.78 is 28.9. The summed E-state index contributed by atoms with van der Waals surface area (Å²) in [4.78, 5) is 16.6. The maximum Gasteiger partial charge on any atom is 0.252 e. The van der Waals surface area contributed by atoms with Gasteiger partial charge in [-0.1, -0.05) is 18.2 Å². The van der Waals surface area contributed by atoms with Gasteiger partial charge in [0.15, 0.2) is 0 Å². The van der Waals surface area contributed by atoms with Gasteiger partial charge < -0.3 is 9.88 Å². The maximum absolute atomic E-state index is 12.6. The van der Waals surface area contributed by atoms with Crippen LogP contribution in [-0.2, 0) is 21.4 Å². The molecule has 9 heteroatoms. The summed E-state index contributed by atoms with van der Waals surface area (Å²) in [5.41, 5.74) is 2.02. The van der Waals surface area contributed by atoms with Crippen LogP contribution in [0.15, 0.2) is 64.7 Å². The van der Waals surface area contributed by atoms with Gasteiger partial charge in [0, 0.05) is 43.6 Å². The Labute approximate surface area is 174 Å². The van der Waals surface area contributed by atoms with Crippen molar-refractivity contribution in [1.82, 2.24) is 19.2 Å². The number of carbonyl (C=O) groups is 1. The number of imidazole rings is 1. The zero-order valence-corrected chi connectivity index (χ0v) is 17.4. The van der Waals surface area contributed by atoms with Crippen molar-refractivity contribution in [2.45, 2.75) is 23.6 Å². The van der Waals surface area contributed by atoms with Crippen LogP contribution in [0.4, 0.5) is 0 Å². The number of hydrogen-bond acceptors (Lipinski definition) is 5. The van der Waals surface area contributed by atoms with Crippen LogP contribution in [0.1, 0.15) is 18.4 Å². The lowest BCUT2D eigenvalue weighted by Crippen LogP contribution is -2.42. The lowest BCUT2D eigenvalue weighted by Gasteiger charge is -2.30. The fourth-order valence-electron chi connectivity index (χ4n) is 3.43. The second kappa shape index (κ2) is 8.48. The topological polar surface area (TPSA) is 84.3 Å². The van der Waals surface area contributed by atoms with Crippen molar-refractivity contribution in [3.8, 4) is 5.69 Å². The average molecular weight is 431 g/mol. The third-order valence-electron chi connectivity index (χ3n) is 5.12. The summed E-state index contributed by atoms with van der Waals surface area (Å²) in [7, 11) is -3.43. The molecule has 0 unspecified atom stereocenters. The van der Waals surface area contributed by atoms with E-state index in [1.807, 2.05) is 35.0 Å². The van der Waals surface area contributed by atoms with Gasteiger partial charge in [0.05, 0.1) is 6.33 Å². The molecular weight excluding hydrogens is 408 g/mol. The fourth-order valence-corrected chi connectivity index (χ4v) is 6.04. The molecule has 4 rings (SSSR count). The van der Waals surface area contributed by atoms with Crippen LogP contribution in [0.25, 0.3) is 5.69 Å². The fraction of sp³-hybridized carbons (Fsp3) is 0.300. The smallest absolute Gasteiger partial charge is 0.252 e. The Balaban J connectivity index is 1.28. The van der Waals surface area contributed by atoms with E-state index < -0.39 is 10.0 Å². The van der Waals surface area contributed by atoms with Gasteiger partial charge in [-0.25, -0.2) is 13.4 Å². The van der Waals surface area contributed by atoms with Crippen molar-refractivity contribution in [2.24, 2.45) is 5.92 Å². The lowest BCUT2D eigenvalue weighted by molar-refractivity contribution is -0.126. The molecule has 1 saturated heterocycles. The number of benzene rings is 1. The molecule has 0 bridgehead atoms. The molecule has 29 heavy (non-hydrogen) atoms. The molecule has 0 aliphatic carbocycles. The van der Waals surface area contributed by atoms with Gasteiger partial charge in [-0.05, 0) is 42.0 Å². The minimum atomic E-state index is -3.43. The van der Waals surface area contributed by atoms with E-state index in [0.717, 1.165) is 11.3 Å². The van der Waals surface area contributed by atoms with Crippen molar-refractivity contribution in [3.63, 3.8) is 0 Å². The highest BCUT2D eigenvalue weighted by atomic mass is 32.2. The quantitative estimate of drug-likeness (QED) is 0.652. The van der Waals surface area contributed by atoms with Crippen molar-refractivity contribution in [1.29, 1.82) is 0 Å². The third kappa shape index (κ3) is 4.42. The van der Waals surface area contributed by atoms with E-state index in [2.05, 4.69) is 10.3 Å². The number of sulfonamides is 1. The number of nitrogens with zero attached hydrogens (tertiary/aromatic N) is 3. The van der Waals surface area contributed by atoms with Gasteiger partial charge in [-0.2, -0.15) is 4.31 Å². The van der Waals surface area contributed by atoms with E-state index >= 15 is 0 Å². The molecule has 1 aliphatic rings. The molecule has 0 atom stereocenters. The molecule has 3 aromatic rings. The largest absolute Gasteiger partial charge is 0.352 e. The Morgan fingerprint density at radius 3 is 2.55 bits per heavy atom. The highest BCUT2D eigenvalue weighted by Crippen LogP contribution is 2.26. The number of nitrogens with one attached hydrogen (secondary N) is 1. The van der Waals surface area contributed by atoms with Crippen LogP contribution in [0.5, 0.6) is 0 Å². The molecule has 1 fully saturated rings. The Kier molecular flexibility index (Phi) is 5.79. The first-order valence-electron chi connectivity index (χ1n) is 9.43. The Hall–Kier alpha value is -2.49. The SMILES string of the molecule is O=C(NCc1ccc(-n2ccnc2)cc1)C1CCN(S(=O)(=O)c2cccs2)CC1. The first-order valence-corrected chi connectivity index (χ1v) is 11.7. The summed E-state index contributed by atoms with van der Waals surface area (Å²) in [6, 6.07) is 11.3. The predicted molar refractivity (Wildman–Crippen MR) is 111 cm³/mol. The number of carbonyl (C=O) groups excluding carboxylic acids is 1. The number of rotatable bonds is 6. The van der Waals surface area contributed by atoms with Crippen LogP contribution in [-0.4, -0.2) is 41.3 Å². The number of piperidine rings is 1. The second-order valence-electron chi connectivity index (χ2n) is 6.96. The summed E-state index contributed by atoms with van der Waals surface area (Å²) in [6.07, 6.45) is 6.42. The van der Waals surface area contributed by atoms with Gasteiger partial charge in [-0.3, -0.25) is 4.79 Å². The Morgan fingerprint density at radius 2 is 1.93 bits per heavy atom. The number of hydrogen-bond donors (Lipinski definition) is 1. The summed E-state index contributed by atoms with van der Waals surface area (Å²) in [5.74, 6) is -0.174. The molecule has 0 spiro atoms. The zero-order valence-electron chi connectivity index (χ0n) is 15.8. The molecule has 2 aromatic heterocycles. The molecule has 1 amide bonds. The molecule has 1 aromatic carbocycles. The summed E-state index contributed by atoms with van der Waals surface area (Å²) in [5, 5.41) is 4.74. The van der Waals surface area contributed by atoms with E-state index in [9.17, 15) is 13.2 Å². The number of thiophene rings is 1. The standard InChI is InChI=1S/C20H22N4O3S2/c25-20(22-14-16-3-5-18(6-4-16)23-12-9-21-15-23)17-7-10-24(11-8-17)29(26,27)19-2-1-13-28-19/h1-6,9,12-13,15,17H,7-8,10-11,14H2,(H,22,25). The summed E-state index contributed by atoms with van der Waals surface area (Å²) in [6.45, 7) is 1.20. The average Bonchev–Trinajstić information content (AvgIpc) is 3.47. The Bertz CT molecular complexity index is 1040. The minimum Gasteiger partial charge on any atom is -0.352 e. The van der Waals surface area contributed by atoms with Crippen molar-refractivity contribution in [3.05, 3.63) is 66.1 Å². The van der Waals surface area contributed by atoms with E-state index in [1.54, 1.807) is 30.0 Å². The molecule has 0 radical (unpaired) electrons. The minimum absolute atomic E-state index is 0.0168. The Morgan fingerprint density at radius 1 is 1.17 bits per heavy atom. The number of amides is 1. The van der Waals surface area contributed by atoms with Crippen LogP contribution < -0.4 is 5.32 Å². The van der Waals surface area contributed by atoms with Gasteiger partial charge in [0.25, 0.3) is 10.0 Å². The first kappa shape index (κ1) is 19.8. The van der Waals surface area contributed by atoms with E-state index in [-0.39, 0.29) is 11.8 Å². The van der Waals surface area contributed by atoms with Crippen molar-refractivity contribution in [2.75, 3.05) is 13.1 Å². The van der Waals surface area contributed by atoms with Crippen LogP contribution in [0, 0.1) is 5.92 Å². The van der Waals surface area contributed by atoms with Crippen LogP contribution in [0.2, 0.25) is 0 Å². The van der Waals surface area contributed by atoms with E-state index in [1.165, 1.54) is 15.6 Å². The van der Waals surface area contributed by atoms with Gasteiger partial charge in [0.1, 0.15) is 4.21 Å². The molecule has 0 saturated carbocycles. The van der Waals surface area contributed by atoms with Crippen LogP contribution in [0.3, 0.4) is 0 Å². The van der Waals surface area contributed by atoms with Crippen LogP contribution >= 0.6 is 11.3 Å². The lowest BCUT2D eigenvalue weighted by atomic mass is 9.97. The first-order chi connectivity index (χ1) is 14.0. The molecule has 152 valence electrons.